The van der Waals surface area contributed by atoms with Crippen LogP contribution in [0.4, 0.5) is 0 Å². The molecular formula is C15H23NO2S. The Morgan fingerprint density at radius 2 is 1.95 bits per heavy atom. The average molecular weight is 281 g/mol. The van der Waals surface area contributed by atoms with Crippen LogP contribution in [0.25, 0.3) is 0 Å². The van der Waals surface area contributed by atoms with Gasteiger partial charge in [-0.25, -0.2) is 0 Å². The second-order valence-corrected chi connectivity index (χ2v) is 6.79. The lowest BCUT2D eigenvalue weighted by Crippen LogP contribution is -2.23. The van der Waals surface area contributed by atoms with Gasteiger partial charge in [0, 0.05) is 4.90 Å². The van der Waals surface area contributed by atoms with Crippen LogP contribution in [0.3, 0.4) is 0 Å². The summed E-state index contributed by atoms with van der Waals surface area (Å²) in [5.74, 6) is 2.85. The number of nitrogens with two attached hydrogens (primary N) is 1. The predicted molar refractivity (Wildman–Crippen MR) is 80.2 cm³/mol. The number of rotatable bonds is 6. The SMILES string of the molecule is CC(C)(CN)CCCSc1ccc2c(c1)OCCO2. The Balaban J connectivity index is 1.80. The molecule has 0 amide bonds. The van der Waals surface area contributed by atoms with E-state index in [1.807, 2.05) is 17.8 Å². The van der Waals surface area contributed by atoms with Gasteiger partial charge in [-0.15, -0.1) is 11.8 Å². The van der Waals surface area contributed by atoms with Crippen LogP contribution < -0.4 is 15.2 Å². The van der Waals surface area contributed by atoms with Crippen molar-refractivity contribution in [1.29, 1.82) is 0 Å². The highest BCUT2D eigenvalue weighted by molar-refractivity contribution is 7.99. The van der Waals surface area contributed by atoms with Gasteiger partial charge in [-0.2, -0.15) is 0 Å². The van der Waals surface area contributed by atoms with Crippen molar-refractivity contribution in [3.8, 4) is 11.5 Å². The summed E-state index contributed by atoms with van der Waals surface area (Å²) in [5, 5.41) is 0. The summed E-state index contributed by atoms with van der Waals surface area (Å²) in [6.07, 6.45) is 2.35. The van der Waals surface area contributed by atoms with Gasteiger partial charge in [0.15, 0.2) is 11.5 Å². The van der Waals surface area contributed by atoms with Gasteiger partial charge in [0.05, 0.1) is 0 Å². The molecule has 0 aromatic heterocycles. The van der Waals surface area contributed by atoms with Crippen LogP contribution >= 0.6 is 11.8 Å². The molecule has 0 atom stereocenters. The average Bonchev–Trinajstić information content (AvgIpc) is 2.43. The van der Waals surface area contributed by atoms with Crippen molar-refractivity contribution >= 4 is 11.8 Å². The fourth-order valence-corrected chi connectivity index (χ4v) is 2.84. The van der Waals surface area contributed by atoms with E-state index >= 15 is 0 Å². The van der Waals surface area contributed by atoms with Crippen LogP contribution in [0.15, 0.2) is 23.1 Å². The molecule has 1 aromatic carbocycles. The third kappa shape index (κ3) is 4.32. The Bertz CT molecular complexity index is 421. The Kier molecular flexibility index (Phi) is 4.99. The Morgan fingerprint density at radius 1 is 1.21 bits per heavy atom. The largest absolute Gasteiger partial charge is 0.486 e. The van der Waals surface area contributed by atoms with Gasteiger partial charge in [-0.05, 0) is 48.8 Å². The predicted octanol–water partition coefficient (Wildman–Crippen LogP) is 3.32. The van der Waals surface area contributed by atoms with Crippen molar-refractivity contribution in [2.24, 2.45) is 11.1 Å². The van der Waals surface area contributed by atoms with Crippen LogP contribution in [-0.4, -0.2) is 25.5 Å². The van der Waals surface area contributed by atoms with Crippen molar-refractivity contribution < 1.29 is 9.47 Å². The van der Waals surface area contributed by atoms with Gasteiger partial charge in [0.1, 0.15) is 13.2 Å². The van der Waals surface area contributed by atoms with E-state index in [9.17, 15) is 0 Å². The van der Waals surface area contributed by atoms with Crippen LogP contribution in [0.1, 0.15) is 26.7 Å². The first-order valence-electron chi connectivity index (χ1n) is 6.83. The maximum absolute atomic E-state index is 5.74. The number of thioether (sulfide) groups is 1. The zero-order valence-corrected chi connectivity index (χ0v) is 12.6. The summed E-state index contributed by atoms with van der Waals surface area (Å²) in [7, 11) is 0. The van der Waals surface area contributed by atoms with Crippen LogP contribution in [0, 0.1) is 5.41 Å². The molecule has 0 aliphatic carbocycles. The van der Waals surface area contributed by atoms with Crippen LogP contribution in [0.5, 0.6) is 11.5 Å². The minimum atomic E-state index is 0.257. The minimum absolute atomic E-state index is 0.257. The Morgan fingerprint density at radius 3 is 2.68 bits per heavy atom. The lowest BCUT2D eigenvalue weighted by Gasteiger charge is -2.22. The summed E-state index contributed by atoms with van der Waals surface area (Å²) >= 11 is 1.87. The molecule has 0 saturated heterocycles. The molecule has 1 aliphatic heterocycles. The number of benzene rings is 1. The molecule has 0 radical (unpaired) electrons. The first kappa shape index (κ1) is 14.5. The molecule has 1 aromatic rings. The highest BCUT2D eigenvalue weighted by Crippen LogP contribution is 2.34. The fourth-order valence-electron chi connectivity index (χ4n) is 1.96. The number of ether oxygens (including phenoxy) is 2. The summed E-state index contributed by atoms with van der Waals surface area (Å²) in [4.78, 5) is 1.25. The van der Waals surface area contributed by atoms with Gasteiger partial charge in [-0.3, -0.25) is 0 Å². The molecule has 19 heavy (non-hydrogen) atoms. The summed E-state index contributed by atoms with van der Waals surface area (Å²) in [6.45, 7) is 6.49. The quantitative estimate of drug-likeness (QED) is 0.642. The zero-order valence-electron chi connectivity index (χ0n) is 11.8. The molecule has 106 valence electrons. The summed E-state index contributed by atoms with van der Waals surface area (Å²) in [5.41, 5.74) is 6.00. The molecule has 3 nitrogen and oxygen atoms in total. The fraction of sp³-hybridized carbons (Fsp3) is 0.600. The van der Waals surface area contributed by atoms with E-state index in [1.54, 1.807) is 0 Å². The van der Waals surface area contributed by atoms with E-state index in [-0.39, 0.29) is 5.41 Å². The van der Waals surface area contributed by atoms with Crippen molar-refractivity contribution in [2.45, 2.75) is 31.6 Å². The van der Waals surface area contributed by atoms with E-state index < -0.39 is 0 Å². The van der Waals surface area contributed by atoms with Crippen LogP contribution in [-0.2, 0) is 0 Å². The minimum Gasteiger partial charge on any atom is -0.486 e. The van der Waals surface area contributed by atoms with E-state index in [0.29, 0.717) is 13.2 Å². The van der Waals surface area contributed by atoms with E-state index in [4.69, 9.17) is 15.2 Å². The third-order valence-electron chi connectivity index (χ3n) is 3.33. The number of fused-ring (bicyclic) bond motifs is 1. The van der Waals surface area contributed by atoms with Gasteiger partial charge < -0.3 is 15.2 Å². The molecule has 1 aliphatic rings. The molecule has 0 bridgehead atoms. The van der Waals surface area contributed by atoms with Crippen molar-refractivity contribution in [3.05, 3.63) is 18.2 Å². The first-order valence-corrected chi connectivity index (χ1v) is 7.82. The smallest absolute Gasteiger partial charge is 0.162 e. The monoisotopic (exact) mass is 281 g/mol. The summed E-state index contributed by atoms with van der Waals surface area (Å²) in [6, 6.07) is 6.18. The second-order valence-electron chi connectivity index (χ2n) is 5.63. The molecule has 1 heterocycles. The second kappa shape index (κ2) is 6.53. The van der Waals surface area contributed by atoms with Crippen molar-refractivity contribution in [2.75, 3.05) is 25.5 Å². The highest BCUT2D eigenvalue weighted by atomic mass is 32.2. The highest BCUT2D eigenvalue weighted by Gasteiger charge is 2.15. The molecule has 2 rings (SSSR count). The van der Waals surface area contributed by atoms with Gasteiger partial charge in [-0.1, -0.05) is 13.8 Å². The van der Waals surface area contributed by atoms with Crippen molar-refractivity contribution in [3.63, 3.8) is 0 Å². The van der Waals surface area contributed by atoms with Crippen molar-refractivity contribution in [1.82, 2.24) is 0 Å². The third-order valence-corrected chi connectivity index (χ3v) is 4.41. The van der Waals surface area contributed by atoms with E-state index in [0.717, 1.165) is 23.8 Å². The maximum Gasteiger partial charge on any atom is 0.162 e. The molecular weight excluding hydrogens is 258 g/mol. The molecule has 0 fully saturated rings. The molecule has 0 unspecified atom stereocenters. The lowest BCUT2D eigenvalue weighted by molar-refractivity contribution is 0.171. The van der Waals surface area contributed by atoms with Gasteiger partial charge in [0.25, 0.3) is 0 Å². The Hall–Kier alpha value is -0.870. The zero-order chi connectivity index (χ0) is 13.7. The van der Waals surface area contributed by atoms with Gasteiger partial charge >= 0.3 is 0 Å². The number of hydrogen-bond donors (Lipinski definition) is 1. The normalized spacial score (nSPS) is 14.5. The topological polar surface area (TPSA) is 44.5 Å². The molecule has 4 heteroatoms. The maximum atomic E-state index is 5.74. The van der Waals surface area contributed by atoms with E-state index in [1.165, 1.54) is 17.7 Å². The Labute approximate surface area is 119 Å². The summed E-state index contributed by atoms with van der Waals surface area (Å²) < 4.78 is 11.1. The molecule has 0 saturated carbocycles. The number of hydrogen-bond acceptors (Lipinski definition) is 4. The lowest BCUT2D eigenvalue weighted by atomic mass is 9.88. The first-order chi connectivity index (χ1) is 9.11. The molecule has 2 N–H and O–H groups in total. The molecule has 0 spiro atoms. The van der Waals surface area contributed by atoms with Gasteiger partial charge in [0.2, 0.25) is 0 Å². The standard InChI is InChI=1S/C15H23NO2S/c1-15(2,11-16)6-3-9-19-12-4-5-13-14(10-12)18-8-7-17-13/h4-5,10H,3,6-9,11,16H2,1-2H3. The van der Waals surface area contributed by atoms with Crippen LogP contribution in [0.2, 0.25) is 0 Å². The van der Waals surface area contributed by atoms with E-state index in [2.05, 4.69) is 26.0 Å².